The number of nitrogens with zero attached hydrogens (tertiary/aromatic N) is 3. The van der Waals surface area contributed by atoms with Crippen molar-refractivity contribution in [2.45, 2.75) is 58.9 Å². The van der Waals surface area contributed by atoms with Crippen molar-refractivity contribution in [2.24, 2.45) is 0 Å². The molecule has 0 saturated heterocycles. The number of carbonyl (C=O) groups is 1. The average Bonchev–Trinajstić information content (AvgIpc) is 2.72. The van der Waals surface area contributed by atoms with Gasteiger partial charge in [-0.1, -0.05) is 19.3 Å². The molecular formula is C22H31N5O. The number of carbonyl (C=O) groups excluding carboxylic acids is 1. The summed E-state index contributed by atoms with van der Waals surface area (Å²) in [7, 11) is 0. The molecule has 1 aliphatic rings. The number of amides is 1. The monoisotopic (exact) mass is 381 g/mol. The minimum atomic E-state index is -0.240. The average molecular weight is 382 g/mol. The Morgan fingerprint density at radius 2 is 1.82 bits per heavy atom. The van der Waals surface area contributed by atoms with Gasteiger partial charge in [-0.2, -0.15) is 0 Å². The van der Waals surface area contributed by atoms with Crippen molar-refractivity contribution in [1.82, 2.24) is 10.2 Å². The molecule has 2 N–H and O–H groups in total. The van der Waals surface area contributed by atoms with E-state index in [1.54, 1.807) is 6.07 Å². The van der Waals surface area contributed by atoms with E-state index in [9.17, 15) is 4.79 Å². The maximum atomic E-state index is 12.6. The summed E-state index contributed by atoms with van der Waals surface area (Å²) in [5.41, 5.74) is 3.31. The van der Waals surface area contributed by atoms with E-state index in [1.807, 2.05) is 25.1 Å². The van der Waals surface area contributed by atoms with Gasteiger partial charge in [-0.15, -0.1) is 10.2 Å². The molecule has 1 aromatic carbocycles. The third-order valence-corrected chi connectivity index (χ3v) is 5.44. The lowest BCUT2D eigenvalue weighted by Gasteiger charge is -2.23. The van der Waals surface area contributed by atoms with Crippen LogP contribution >= 0.6 is 0 Å². The third kappa shape index (κ3) is 5.00. The van der Waals surface area contributed by atoms with Gasteiger partial charge in [0.05, 0.1) is 0 Å². The Labute approximate surface area is 167 Å². The Morgan fingerprint density at radius 1 is 1.07 bits per heavy atom. The van der Waals surface area contributed by atoms with Crippen molar-refractivity contribution in [2.75, 3.05) is 28.6 Å². The predicted octanol–water partition coefficient (Wildman–Crippen LogP) is 4.63. The molecule has 0 unspecified atom stereocenters. The Bertz CT molecular complexity index is 780. The summed E-state index contributed by atoms with van der Waals surface area (Å²) < 4.78 is 0. The highest BCUT2D eigenvalue weighted by Gasteiger charge is 2.15. The molecule has 6 heteroatoms. The number of hydrogen-bond acceptors (Lipinski definition) is 5. The van der Waals surface area contributed by atoms with Crippen molar-refractivity contribution in [3.8, 4) is 0 Å². The number of anilines is 3. The Morgan fingerprint density at radius 3 is 2.43 bits per heavy atom. The second-order valence-electron chi connectivity index (χ2n) is 7.41. The van der Waals surface area contributed by atoms with Crippen LogP contribution in [0.15, 0.2) is 30.3 Å². The first-order chi connectivity index (χ1) is 13.6. The molecule has 3 rings (SSSR count). The summed E-state index contributed by atoms with van der Waals surface area (Å²) in [4.78, 5) is 14.8. The molecule has 0 aliphatic heterocycles. The SMILES string of the molecule is CCN(CC)c1ccc(NC(=O)c2ccc(NC3CCCCC3)nn2)c(C)c1. The van der Waals surface area contributed by atoms with E-state index in [1.165, 1.54) is 37.8 Å². The van der Waals surface area contributed by atoms with Gasteiger partial charge in [-0.25, -0.2) is 0 Å². The first-order valence-corrected chi connectivity index (χ1v) is 10.4. The quantitative estimate of drug-likeness (QED) is 0.732. The summed E-state index contributed by atoms with van der Waals surface area (Å²) in [5, 5.41) is 14.7. The second kappa shape index (κ2) is 9.53. The molecule has 1 heterocycles. The van der Waals surface area contributed by atoms with Gasteiger partial charge in [0.2, 0.25) is 0 Å². The lowest BCUT2D eigenvalue weighted by Crippen LogP contribution is -2.23. The van der Waals surface area contributed by atoms with Crippen LogP contribution in [-0.2, 0) is 0 Å². The second-order valence-corrected chi connectivity index (χ2v) is 7.41. The molecule has 28 heavy (non-hydrogen) atoms. The lowest BCUT2D eigenvalue weighted by atomic mass is 9.95. The van der Waals surface area contributed by atoms with E-state index < -0.39 is 0 Å². The maximum Gasteiger partial charge on any atom is 0.276 e. The van der Waals surface area contributed by atoms with Crippen LogP contribution in [0.3, 0.4) is 0 Å². The van der Waals surface area contributed by atoms with Gasteiger partial charge in [0, 0.05) is 30.5 Å². The largest absolute Gasteiger partial charge is 0.372 e. The zero-order valence-corrected chi connectivity index (χ0v) is 17.2. The van der Waals surface area contributed by atoms with Crippen LogP contribution in [0.1, 0.15) is 62.0 Å². The van der Waals surface area contributed by atoms with Crippen LogP contribution in [0.5, 0.6) is 0 Å². The molecule has 1 aromatic heterocycles. The summed E-state index contributed by atoms with van der Waals surface area (Å²) in [6.45, 7) is 8.20. The van der Waals surface area contributed by atoms with Gasteiger partial charge in [-0.05, 0) is 69.5 Å². The van der Waals surface area contributed by atoms with Crippen LogP contribution in [-0.4, -0.2) is 35.2 Å². The zero-order chi connectivity index (χ0) is 19.9. The first kappa shape index (κ1) is 20.1. The fourth-order valence-corrected chi connectivity index (χ4v) is 3.75. The number of benzene rings is 1. The molecule has 0 spiro atoms. The molecular weight excluding hydrogens is 350 g/mol. The molecule has 2 aromatic rings. The van der Waals surface area contributed by atoms with Gasteiger partial charge in [0.1, 0.15) is 5.82 Å². The minimum Gasteiger partial charge on any atom is -0.372 e. The predicted molar refractivity (Wildman–Crippen MR) is 115 cm³/mol. The van der Waals surface area contributed by atoms with Crippen LogP contribution < -0.4 is 15.5 Å². The smallest absolute Gasteiger partial charge is 0.276 e. The highest BCUT2D eigenvalue weighted by atomic mass is 16.1. The fraction of sp³-hybridized carbons (Fsp3) is 0.500. The fourth-order valence-electron chi connectivity index (χ4n) is 3.75. The topological polar surface area (TPSA) is 70.2 Å². The van der Waals surface area contributed by atoms with Gasteiger partial charge in [-0.3, -0.25) is 4.79 Å². The lowest BCUT2D eigenvalue weighted by molar-refractivity contribution is 0.102. The van der Waals surface area contributed by atoms with Gasteiger partial charge in [0.25, 0.3) is 5.91 Å². The van der Waals surface area contributed by atoms with Crippen molar-refractivity contribution in [3.63, 3.8) is 0 Å². The van der Waals surface area contributed by atoms with E-state index >= 15 is 0 Å². The molecule has 1 amide bonds. The molecule has 0 radical (unpaired) electrons. The highest BCUT2D eigenvalue weighted by Crippen LogP contribution is 2.23. The Kier molecular flexibility index (Phi) is 6.85. The van der Waals surface area contributed by atoms with Crippen LogP contribution in [0, 0.1) is 6.92 Å². The van der Waals surface area contributed by atoms with E-state index in [-0.39, 0.29) is 5.91 Å². The number of rotatable bonds is 7. The van der Waals surface area contributed by atoms with Crippen LogP contribution in [0.2, 0.25) is 0 Å². The van der Waals surface area contributed by atoms with E-state index in [0.717, 1.165) is 30.2 Å². The number of nitrogens with one attached hydrogen (secondary N) is 2. The maximum absolute atomic E-state index is 12.6. The summed E-state index contributed by atoms with van der Waals surface area (Å²) in [5.74, 6) is 0.499. The molecule has 0 bridgehead atoms. The van der Waals surface area contributed by atoms with Crippen molar-refractivity contribution in [1.29, 1.82) is 0 Å². The number of hydrogen-bond donors (Lipinski definition) is 2. The molecule has 0 atom stereocenters. The Hall–Kier alpha value is -2.63. The summed E-state index contributed by atoms with van der Waals surface area (Å²) in [6, 6.07) is 10.1. The summed E-state index contributed by atoms with van der Waals surface area (Å²) >= 11 is 0. The zero-order valence-electron chi connectivity index (χ0n) is 17.2. The van der Waals surface area contributed by atoms with Gasteiger partial charge in [0.15, 0.2) is 5.69 Å². The minimum absolute atomic E-state index is 0.240. The van der Waals surface area contributed by atoms with Crippen molar-refractivity contribution in [3.05, 3.63) is 41.6 Å². The number of aryl methyl sites for hydroxylation is 1. The highest BCUT2D eigenvalue weighted by molar-refractivity contribution is 6.03. The standard InChI is InChI=1S/C22H31N5O/c1-4-27(5-2)18-11-12-19(16(3)15-18)24-22(28)20-13-14-21(26-25-20)23-17-9-7-6-8-10-17/h11-15,17H,4-10H2,1-3H3,(H,23,26)(H,24,28). The molecule has 1 saturated carbocycles. The van der Waals surface area contributed by atoms with E-state index in [2.05, 4.69) is 45.6 Å². The molecule has 1 aliphatic carbocycles. The molecule has 1 fully saturated rings. The number of aromatic nitrogens is 2. The van der Waals surface area contributed by atoms with Crippen LogP contribution in [0.25, 0.3) is 0 Å². The Balaban J connectivity index is 1.62. The third-order valence-electron chi connectivity index (χ3n) is 5.44. The normalized spacial score (nSPS) is 14.5. The first-order valence-electron chi connectivity index (χ1n) is 10.4. The van der Waals surface area contributed by atoms with Crippen LogP contribution in [0.4, 0.5) is 17.2 Å². The van der Waals surface area contributed by atoms with Gasteiger partial charge >= 0.3 is 0 Å². The van der Waals surface area contributed by atoms with Crippen molar-refractivity contribution < 1.29 is 4.79 Å². The van der Waals surface area contributed by atoms with Crippen molar-refractivity contribution >= 4 is 23.1 Å². The van der Waals surface area contributed by atoms with E-state index in [0.29, 0.717) is 11.7 Å². The molecule has 150 valence electrons. The summed E-state index contributed by atoms with van der Waals surface area (Å²) in [6.07, 6.45) is 6.19. The van der Waals surface area contributed by atoms with Gasteiger partial charge < -0.3 is 15.5 Å². The molecule has 6 nitrogen and oxygen atoms in total. The van der Waals surface area contributed by atoms with E-state index in [4.69, 9.17) is 0 Å².